The Morgan fingerprint density at radius 1 is 1.15 bits per heavy atom. The highest BCUT2D eigenvalue weighted by Gasteiger charge is 2.19. The first-order chi connectivity index (χ1) is 9.90. The Labute approximate surface area is 118 Å². The number of hydrogen-bond donors (Lipinski definition) is 0. The molecule has 1 aliphatic carbocycles. The second-order valence-electron chi connectivity index (χ2n) is 5.34. The number of benzene rings is 1. The molecule has 0 unspecified atom stereocenters. The number of ether oxygens (including phenoxy) is 1. The molecule has 106 valence electrons. The Morgan fingerprint density at radius 3 is 2.80 bits per heavy atom. The van der Waals surface area contributed by atoms with Crippen molar-refractivity contribution in [3.05, 3.63) is 36.2 Å². The van der Waals surface area contributed by atoms with Gasteiger partial charge in [0, 0.05) is 0 Å². The van der Waals surface area contributed by atoms with Gasteiger partial charge >= 0.3 is 0 Å². The first-order valence-corrected chi connectivity index (χ1v) is 7.35. The summed E-state index contributed by atoms with van der Waals surface area (Å²) < 4.78 is 5.59. The van der Waals surface area contributed by atoms with E-state index < -0.39 is 0 Å². The van der Waals surface area contributed by atoms with Crippen LogP contribution in [0.15, 0.2) is 30.3 Å². The van der Waals surface area contributed by atoms with E-state index in [0.717, 1.165) is 24.6 Å². The zero-order chi connectivity index (χ0) is 13.6. The van der Waals surface area contributed by atoms with Crippen LogP contribution in [0.4, 0.5) is 0 Å². The molecule has 0 amide bonds. The summed E-state index contributed by atoms with van der Waals surface area (Å²) in [7, 11) is 0. The van der Waals surface area contributed by atoms with E-state index in [0.29, 0.717) is 12.4 Å². The van der Waals surface area contributed by atoms with Gasteiger partial charge in [-0.05, 0) is 29.7 Å². The number of aryl methyl sites for hydroxylation is 1. The summed E-state index contributed by atoms with van der Waals surface area (Å²) in [6, 6.07) is 9.69. The average Bonchev–Trinajstić information content (AvgIpc) is 3.21. The summed E-state index contributed by atoms with van der Waals surface area (Å²) in [4.78, 5) is 1.68. The third-order valence-corrected chi connectivity index (χ3v) is 3.52. The topological polar surface area (TPSA) is 52.8 Å². The minimum absolute atomic E-state index is 0.367. The fraction of sp³-hybridized carbons (Fsp3) is 0.533. The lowest BCUT2D eigenvalue weighted by atomic mass is 10.2. The molecule has 5 heteroatoms. The van der Waals surface area contributed by atoms with Crippen LogP contribution in [0.2, 0.25) is 0 Å². The molecule has 1 aromatic heterocycles. The Balaban J connectivity index is 1.39. The second-order valence-corrected chi connectivity index (χ2v) is 5.34. The molecule has 0 saturated heterocycles. The standard InChI is InChI=1S/C15H20N4O/c1-2-7-14(8-3-1)20-12-15-16-18-19(17-15)11-5-4-6-13-9-10-13/h1-3,7-8,13H,4-6,9-12H2. The van der Waals surface area contributed by atoms with Gasteiger partial charge in [-0.2, -0.15) is 4.80 Å². The molecule has 0 spiro atoms. The number of hydrogen-bond acceptors (Lipinski definition) is 4. The molecule has 0 N–H and O–H groups in total. The van der Waals surface area contributed by atoms with E-state index in [1.54, 1.807) is 4.80 Å². The quantitative estimate of drug-likeness (QED) is 0.693. The summed E-state index contributed by atoms with van der Waals surface area (Å²) in [5.74, 6) is 2.47. The van der Waals surface area contributed by atoms with Gasteiger partial charge < -0.3 is 4.74 Å². The Kier molecular flexibility index (Phi) is 4.25. The van der Waals surface area contributed by atoms with Crippen molar-refractivity contribution < 1.29 is 4.74 Å². The highest BCUT2D eigenvalue weighted by molar-refractivity contribution is 5.20. The monoisotopic (exact) mass is 272 g/mol. The molecular formula is C15H20N4O. The minimum atomic E-state index is 0.367. The highest BCUT2D eigenvalue weighted by atomic mass is 16.5. The van der Waals surface area contributed by atoms with Gasteiger partial charge in [-0.15, -0.1) is 10.2 Å². The lowest BCUT2D eigenvalue weighted by molar-refractivity contribution is 0.295. The number of tetrazole rings is 1. The summed E-state index contributed by atoms with van der Waals surface area (Å²) >= 11 is 0. The smallest absolute Gasteiger partial charge is 0.212 e. The minimum Gasteiger partial charge on any atom is -0.485 e. The Bertz CT molecular complexity index is 522. The van der Waals surface area contributed by atoms with Crippen LogP contribution in [0.3, 0.4) is 0 Å². The van der Waals surface area contributed by atoms with Crippen molar-refractivity contribution in [1.29, 1.82) is 0 Å². The fourth-order valence-electron chi connectivity index (χ4n) is 2.19. The normalized spacial score (nSPS) is 14.4. The van der Waals surface area contributed by atoms with E-state index in [1.165, 1.54) is 25.7 Å². The van der Waals surface area contributed by atoms with Crippen LogP contribution in [0.1, 0.15) is 37.9 Å². The molecule has 1 heterocycles. The predicted octanol–water partition coefficient (Wildman–Crippen LogP) is 2.83. The number of para-hydroxylation sites is 1. The van der Waals surface area contributed by atoms with Crippen molar-refractivity contribution in [1.82, 2.24) is 20.2 Å². The molecule has 3 rings (SSSR count). The van der Waals surface area contributed by atoms with Crippen LogP contribution >= 0.6 is 0 Å². The van der Waals surface area contributed by atoms with Crippen LogP contribution < -0.4 is 4.74 Å². The molecule has 1 fully saturated rings. The molecule has 1 aliphatic rings. The molecule has 1 aromatic carbocycles. The zero-order valence-corrected chi connectivity index (χ0v) is 11.6. The van der Waals surface area contributed by atoms with Crippen molar-refractivity contribution in [2.45, 2.75) is 45.3 Å². The van der Waals surface area contributed by atoms with E-state index in [1.807, 2.05) is 30.3 Å². The maximum Gasteiger partial charge on any atom is 0.212 e. The zero-order valence-electron chi connectivity index (χ0n) is 11.6. The lowest BCUT2D eigenvalue weighted by Gasteiger charge is -2.01. The molecular weight excluding hydrogens is 252 g/mol. The predicted molar refractivity (Wildman–Crippen MR) is 75.2 cm³/mol. The third kappa shape index (κ3) is 4.05. The van der Waals surface area contributed by atoms with Crippen molar-refractivity contribution in [3.8, 4) is 5.75 Å². The highest BCUT2D eigenvalue weighted by Crippen LogP contribution is 2.33. The maximum absolute atomic E-state index is 5.59. The Hall–Kier alpha value is -1.91. The van der Waals surface area contributed by atoms with Crippen LogP contribution in [0.5, 0.6) is 5.75 Å². The van der Waals surface area contributed by atoms with Crippen LogP contribution in [0.25, 0.3) is 0 Å². The van der Waals surface area contributed by atoms with Crippen LogP contribution in [-0.4, -0.2) is 20.2 Å². The molecule has 0 aliphatic heterocycles. The molecule has 0 atom stereocenters. The molecule has 2 aromatic rings. The number of rotatable bonds is 8. The third-order valence-electron chi connectivity index (χ3n) is 3.52. The largest absolute Gasteiger partial charge is 0.485 e. The van der Waals surface area contributed by atoms with Gasteiger partial charge in [-0.25, -0.2) is 0 Å². The first kappa shape index (κ1) is 13.1. The van der Waals surface area contributed by atoms with Crippen molar-refractivity contribution in [2.75, 3.05) is 0 Å². The van der Waals surface area contributed by atoms with Gasteiger partial charge in [0.2, 0.25) is 5.82 Å². The van der Waals surface area contributed by atoms with Gasteiger partial charge in [0.15, 0.2) is 6.61 Å². The molecule has 0 radical (unpaired) electrons. The van der Waals surface area contributed by atoms with E-state index >= 15 is 0 Å². The average molecular weight is 272 g/mol. The molecule has 5 nitrogen and oxygen atoms in total. The van der Waals surface area contributed by atoms with E-state index in [9.17, 15) is 0 Å². The summed E-state index contributed by atoms with van der Waals surface area (Å²) in [5.41, 5.74) is 0. The van der Waals surface area contributed by atoms with Gasteiger partial charge in [0.05, 0.1) is 6.54 Å². The van der Waals surface area contributed by atoms with Crippen molar-refractivity contribution in [2.24, 2.45) is 5.92 Å². The summed E-state index contributed by atoms with van der Waals surface area (Å²) in [6.07, 6.45) is 6.62. The van der Waals surface area contributed by atoms with E-state index in [4.69, 9.17) is 4.74 Å². The van der Waals surface area contributed by atoms with Crippen molar-refractivity contribution in [3.63, 3.8) is 0 Å². The summed E-state index contributed by atoms with van der Waals surface area (Å²) in [6.45, 7) is 1.22. The van der Waals surface area contributed by atoms with Gasteiger partial charge in [0.1, 0.15) is 5.75 Å². The van der Waals surface area contributed by atoms with Gasteiger partial charge in [-0.3, -0.25) is 0 Å². The van der Waals surface area contributed by atoms with E-state index in [2.05, 4.69) is 15.4 Å². The lowest BCUT2D eigenvalue weighted by Crippen LogP contribution is -2.04. The van der Waals surface area contributed by atoms with Crippen LogP contribution in [0, 0.1) is 5.92 Å². The Morgan fingerprint density at radius 2 is 2.00 bits per heavy atom. The van der Waals surface area contributed by atoms with Crippen molar-refractivity contribution >= 4 is 0 Å². The fourth-order valence-corrected chi connectivity index (χ4v) is 2.19. The SMILES string of the molecule is c1ccc(OCc2nnn(CCCCC3CC3)n2)cc1. The van der Waals surface area contributed by atoms with Crippen LogP contribution in [-0.2, 0) is 13.2 Å². The number of nitrogens with zero attached hydrogens (tertiary/aromatic N) is 4. The van der Waals surface area contributed by atoms with E-state index in [-0.39, 0.29) is 0 Å². The number of unbranched alkanes of at least 4 members (excludes halogenated alkanes) is 1. The molecule has 0 bridgehead atoms. The first-order valence-electron chi connectivity index (χ1n) is 7.35. The number of aromatic nitrogens is 4. The molecule has 1 saturated carbocycles. The van der Waals surface area contributed by atoms with Gasteiger partial charge in [-0.1, -0.05) is 43.9 Å². The summed E-state index contributed by atoms with van der Waals surface area (Å²) in [5, 5.41) is 12.4. The maximum atomic E-state index is 5.59. The van der Waals surface area contributed by atoms with Gasteiger partial charge in [0.25, 0.3) is 0 Å². The second kappa shape index (κ2) is 6.50. The molecule has 20 heavy (non-hydrogen) atoms.